The van der Waals surface area contributed by atoms with Crippen LogP contribution in [0.4, 0.5) is 0 Å². The van der Waals surface area contributed by atoms with Gasteiger partial charge in [-0.3, -0.25) is 9.35 Å². The maximum absolute atomic E-state index is 13.0. The van der Waals surface area contributed by atoms with E-state index in [2.05, 4.69) is 35.5 Å². The molecule has 13 nitrogen and oxygen atoms in total. The minimum Gasteiger partial charge on any atom is -0.394 e. The van der Waals surface area contributed by atoms with Crippen molar-refractivity contribution in [1.82, 2.24) is 5.32 Å². The molecule has 0 bridgehead atoms. The van der Waals surface area contributed by atoms with Crippen molar-refractivity contribution >= 4 is 16.3 Å². The largest absolute Gasteiger partial charge is 0.397 e. The van der Waals surface area contributed by atoms with Crippen LogP contribution in [0.1, 0.15) is 174 Å². The summed E-state index contributed by atoms with van der Waals surface area (Å²) in [6, 6.07) is -1.12. The highest BCUT2D eigenvalue weighted by molar-refractivity contribution is 7.80. The molecule has 7 N–H and O–H groups in total. The zero-order valence-corrected chi connectivity index (χ0v) is 35.4. The number of aliphatic hydroxyl groups excluding tert-OH is 5. The van der Waals surface area contributed by atoms with Gasteiger partial charge >= 0.3 is 10.4 Å². The van der Waals surface area contributed by atoms with E-state index in [1.165, 1.54) is 96.0 Å². The summed E-state index contributed by atoms with van der Waals surface area (Å²) in [5.74, 6) is -0.714. The summed E-state index contributed by atoms with van der Waals surface area (Å²) in [4.78, 5) is 13.0. The average Bonchev–Trinajstić information content (AvgIpc) is 3.16. The Morgan fingerprint density at radius 1 is 0.714 bits per heavy atom. The minimum absolute atomic E-state index is 0.229. The van der Waals surface area contributed by atoms with Crippen LogP contribution in [-0.2, 0) is 28.9 Å². The quantitative estimate of drug-likeness (QED) is 0.0199. The predicted molar refractivity (Wildman–Crippen MR) is 219 cm³/mol. The first-order valence-corrected chi connectivity index (χ1v) is 23.2. The summed E-state index contributed by atoms with van der Waals surface area (Å²) in [5, 5.41) is 55.0. The van der Waals surface area contributed by atoms with Gasteiger partial charge in [0, 0.05) is 0 Å². The summed E-state index contributed by atoms with van der Waals surface area (Å²) in [6.45, 7) is 3.16. The number of allylic oxidation sites excluding steroid dienone is 3. The molecule has 8 atom stereocenters. The number of amides is 1. The van der Waals surface area contributed by atoms with Gasteiger partial charge in [0.2, 0.25) is 5.91 Å². The van der Waals surface area contributed by atoms with E-state index in [1.807, 2.05) is 6.08 Å². The predicted octanol–water partition coefficient (Wildman–Crippen LogP) is 6.74. The van der Waals surface area contributed by atoms with E-state index in [0.29, 0.717) is 12.8 Å². The van der Waals surface area contributed by atoms with Crippen molar-refractivity contribution < 1.29 is 57.0 Å². The van der Waals surface area contributed by atoms with E-state index in [-0.39, 0.29) is 6.42 Å². The zero-order chi connectivity index (χ0) is 41.4. The first-order valence-electron chi connectivity index (χ1n) is 21.8. The van der Waals surface area contributed by atoms with E-state index in [0.717, 1.165) is 51.4 Å². The molecule has 1 saturated heterocycles. The lowest BCUT2D eigenvalue weighted by atomic mass is 9.99. The van der Waals surface area contributed by atoms with Gasteiger partial charge in [0.1, 0.15) is 30.5 Å². The molecule has 1 amide bonds. The second-order valence-electron chi connectivity index (χ2n) is 15.4. The number of hydrogen-bond donors (Lipinski definition) is 7. The number of rotatable bonds is 36. The third kappa shape index (κ3) is 25.8. The molecule has 8 unspecified atom stereocenters. The fraction of sp³-hybridized carbons (Fsp3) is 0.881. The van der Waals surface area contributed by atoms with Crippen LogP contribution in [0.5, 0.6) is 0 Å². The molecular formula is C42H79NO12S. The number of carbonyl (C=O) groups excluding carboxylic acids is 1. The molecule has 0 saturated carbocycles. The standard InChI is InChI=1S/C42H79NO12S/c1-3-5-7-9-11-13-15-16-17-18-19-21-22-24-26-28-30-35(45)34(33-53-42-39(48)40(55-56(50,51)52)38(47)37(32-44)54-42)43-41(49)36(46)31-29-27-25-23-20-14-12-10-8-6-4-2/h12,14,28,30,34-40,42,44-48H,3-11,13,15-27,29,31-33H2,1-2H3,(H,43,49)(H,50,51,52)/b14-12-,30-28+. The lowest BCUT2D eigenvalue weighted by Crippen LogP contribution is -2.61. The van der Waals surface area contributed by atoms with Gasteiger partial charge < -0.3 is 40.3 Å². The molecule has 56 heavy (non-hydrogen) atoms. The van der Waals surface area contributed by atoms with Crippen LogP contribution in [0.25, 0.3) is 0 Å². The SMILES string of the molecule is CCCCC/C=C\CCCCCCC(O)C(=O)NC(COC1OC(CO)C(O)C(OS(=O)(=O)O)C1O)C(O)/C=C/CCCCCCCCCCCCCCCC. The summed E-state index contributed by atoms with van der Waals surface area (Å²) >= 11 is 0. The van der Waals surface area contributed by atoms with Crippen molar-refractivity contribution in [3.05, 3.63) is 24.3 Å². The van der Waals surface area contributed by atoms with Crippen molar-refractivity contribution in [1.29, 1.82) is 0 Å². The van der Waals surface area contributed by atoms with E-state index in [4.69, 9.17) is 14.0 Å². The third-order valence-electron chi connectivity index (χ3n) is 10.3. The Morgan fingerprint density at radius 3 is 1.70 bits per heavy atom. The summed E-state index contributed by atoms with van der Waals surface area (Å²) in [5.41, 5.74) is 0. The zero-order valence-electron chi connectivity index (χ0n) is 34.6. The summed E-state index contributed by atoms with van der Waals surface area (Å²) < 4.78 is 47.4. The number of unbranched alkanes of at least 4 members (excludes halogenated alkanes) is 21. The van der Waals surface area contributed by atoms with Gasteiger partial charge in [-0.1, -0.05) is 154 Å². The molecule has 1 heterocycles. The number of hydrogen-bond acceptors (Lipinski definition) is 11. The van der Waals surface area contributed by atoms with Crippen molar-refractivity contribution in [2.75, 3.05) is 13.2 Å². The van der Waals surface area contributed by atoms with Crippen LogP contribution in [0, 0.1) is 0 Å². The first-order chi connectivity index (χ1) is 26.9. The molecule has 0 aromatic carbocycles. The van der Waals surface area contributed by atoms with Crippen molar-refractivity contribution in [3.63, 3.8) is 0 Å². The molecule has 330 valence electrons. The number of ether oxygens (including phenoxy) is 2. The van der Waals surface area contributed by atoms with Crippen LogP contribution < -0.4 is 5.32 Å². The van der Waals surface area contributed by atoms with Gasteiger partial charge in [-0.25, -0.2) is 4.18 Å². The number of nitrogens with one attached hydrogen (secondary N) is 1. The van der Waals surface area contributed by atoms with Gasteiger partial charge in [0.05, 0.1) is 25.4 Å². The molecule has 0 aromatic heterocycles. The van der Waals surface area contributed by atoms with Crippen LogP contribution in [-0.4, -0.2) is 107 Å². The average molecular weight is 822 g/mol. The number of aliphatic hydroxyl groups is 5. The van der Waals surface area contributed by atoms with Gasteiger partial charge in [-0.2, -0.15) is 8.42 Å². The van der Waals surface area contributed by atoms with E-state index >= 15 is 0 Å². The van der Waals surface area contributed by atoms with E-state index in [9.17, 15) is 38.7 Å². The maximum Gasteiger partial charge on any atom is 0.397 e. The van der Waals surface area contributed by atoms with Crippen LogP contribution in [0.15, 0.2) is 24.3 Å². The summed E-state index contributed by atoms with van der Waals surface area (Å²) in [7, 11) is -5.11. The second kappa shape index (κ2) is 33.4. The summed E-state index contributed by atoms with van der Waals surface area (Å²) in [6.07, 6.45) is 24.1. The Kier molecular flexibility index (Phi) is 31.3. The molecular weight excluding hydrogens is 743 g/mol. The molecule has 1 aliphatic heterocycles. The molecule has 1 aliphatic rings. The maximum atomic E-state index is 13.0. The lowest BCUT2D eigenvalue weighted by Gasteiger charge is -2.41. The first kappa shape index (κ1) is 52.6. The topological polar surface area (TPSA) is 212 Å². The molecule has 0 radical (unpaired) electrons. The molecule has 0 aromatic rings. The highest BCUT2D eigenvalue weighted by Gasteiger charge is 2.48. The Balaban J connectivity index is 2.64. The third-order valence-corrected chi connectivity index (χ3v) is 10.8. The molecule has 0 spiro atoms. The normalized spacial score (nSPS) is 22.2. The lowest BCUT2D eigenvalue weighted by molar-refractivity contribution is -0.298. The van der Waals surface area contributed by atoms with Gasteiger partial charge in [-0.05, 0) is 44.9 Å². The monoisotopic (exact) mass is 822 g/mol. The Bertz CT molecular complexity index is 1120. The van der Waals surface area contributed by atoms with Crippen LogP contribution in [0.3, 0.4) is 0 Å². The second-order valence-corrected chi connectivity index (χ2v) is 16.5. The van der Waals surface area contributed by atoms with Gasteiger partial charge in [0.15, 0.2) is 6.29 Å². The van der Waals surface area contributed by atoms with Crippen molar-refractivity contribution in [3.8, 4) is 0 Å². The highest BCUT2D eigenvalue weighted by atomic mass is 32.3. The fourth-order valence-electron chi connectivity index (χ4n) is 6.81. The van der Waals surface area contributed by atoms with E-state index < -0.39 is 78.5 Å². The Morgan fingerprint density at radius 2 is 1.18 bits per heavy atom. The molecule has 0 aliphatic carbocycles. The van der Waals surface area contributed by atoms with Crippen LogP contribution >= 0.6 is 0 Å². The highest BCUT2D eigenvalue weighted by Crippen LogP contribution is 2.26. The fourth-order valence-corrected chi connectivity index (χ4v) is 7.32. The minimum atomic E-state index is -5.11. The van der Waals surface area contributed by atoms with Gasteiger partial charge in [0.25, 0.3) is 0 Å². The van der Waals surface area contributed by atoms with Crippen molar-refractivity contribution in [2.45, 2.75) is 223 Å². The number of carbonyl (C=O) groups is 1. The Hall–Kier alpha value is -1.46. The Labute approximate surface area is 338 Å². The molecule has 14 heteroatoms. The molecule has 1 fully saturated rings. The van der Waals surface area contributed by atoms with Crippen LogP contribution in [0.2, 0.25) is 0 Å². The van der Waals surface area contributed by atoms with Crippen molar-refractivity contribution in [2.24, 2.45) is 0 Å². The van der Waals surface area contributed by atoms with Gasteiger partial charge in [-0.15, -0.1) is 0 Å². The van der Waals surface area contributed by atoms with E-state index in [1.54, 1.807) is 0 Å². The smallest absolute Gasteiger partial charge is 0.394 e. The molecule has 1 rings (SSSR count).